The zero-order valence-electron chi connectivity index (χ0n) is 14.4. The summed E-state index contributed by atoms with van der Waals surface area (Å²) >= 11 is 1.14. The van der Waals surface area contributed by atoms with E-state index in [-0.39, 0.29) is 11.2 Å². The lowest BCUT2D eigenvalue weighted by molar-refractivity contribution is -0.138. The number of amides is 2. The van der Waals surface area contributed by atoms with E-state index in [1.807, 2.05) is 38.1 Å². The molecule has 1 unspecified atom stereocenters. The van der Waals surface area contributed by atoms with Crippen molar-refractivity contribution in [1.29, 1.82) is 0 Å². The number of aryl methyl sites for hydroxylation is 1. The second kappa shape index (κ2) is 9.32. The molecule has 132 valence electrons. The lowest BCUT2D eigenvalue weighted by Gasteiger charge is -2.30. The van der Waals surface area contributed by atoms with Crippen LogP contribution in [0.1, 0.15) is 37.9 Å². The van der Waals surface area contributed by atoms with Gasteiger partial charge in [-0.05, 0) is 26.3 Å². The lowest BCUT2D eigenvalue weighted by Crippen LogP contribution is -2.48. The topological polar surface area (TPSA) is 86.7 Å². The van der Waals surface area contributed by atoms with E-state index in [0.29, 0.717) is 12.3 Å². The average Bonchev–Trinajstić information content (AvgIpc) is 2.51. The molecule has 0 spiro atoms. The van der Waals surface area contributed by atoms with Gasteiger partial charge in [0.2, 0.25) is 0 Å². The van der Waals surface area contributed by atoms with Gasteiger partial charge in [-0.1, -0.05) is 41.6 Å². The second-order valence-corrected chi connectivity index (χ2v) is 6.90. The summed E-state index contributed by atoms with van der Waals surface area (Å²) in [5.74, 6) is -0.634. The monoisotopic (exact) mass is 352 g/mol. The number of carbonyl (C=O) groups excluding carboxylic acids is 2. The molecule has 2 N–H and O–H groups in total. The molecule has 1 aromatic rings. The highest BCUT2D eigenvalue weighted by Crippen LogP contribution is 2.21. The summed E-state index contributed by atoms with van der Waals surface area (Å²) < 4.78 is 0. The Morgan fingerprint density at radius 1 is 1.21 bits per heavy atom. The fraction of sp³-hybridized carbons (Fsp3) is 0.471. The van der Waals surface area contributed by atoms with Crippen molar-refractivity contribution in [3.63, 3.8) is 0 Å². The molecule has 1 rings (SSSR count). The van der Waals surface area contributed by atoms with E-state index < -0.39 is 18.0 Å². The van der Waals surface area contributed by atoms with Gasteiger partial charge in [0.05, 0.1) is 6.04 Å². The van der Waals surface area contributed by atoms with Crippen molar-refractivity contribution in [1.82, 2.24) is 10.2 Å². The van der Waals surface area contributed by atoms with Crippen molar-refractivity contribution < 1.29 is 19.5 Å². The number of nitrogens with one attached hydrogen (secondary N) is 1. The molecule has 0 fully saturated rings. The molecule has 0 aliphatic heterocycles. The summed E-state index contributed by atoms with van der Waals surface area (Å²) in [7, 11) is 0. The number of urea groups is 1. The minimum absolute atomic E-state index is 0.0164. The largest absolute Gasteiger partial charge is 0.480 e. The average molecular weight is 352 g/mol. The highest BCUT2D eigenvalue weighted by atomic mass is 32.2. The van der Waals surface area contributed by atoms with Crippen molar-refractivity contribution in [2.45, 2.75) is 39.8 Å². The summed E-state index contributed by atoms with van der Waals surface area (Å²) in [6, 6.07) is 6.14. The highest BCUT2D eigenvalue weighted by Gasteiger charge is 2.24. The number of nitrogens with zero attached hydrogens (tertiary/aromatic N) is 1. The molecule has 0 aliphatic carbocycles. The van der Waals surface area contributed by atoms with E-state index >= 15 is 0 Å². The van der Waals surface area contributed by atoms with E-state index in [1.54, 1.807) is 4.90 Å². The van der Waals surface area contributed by atoms with Crippen LogP contribution in [0.25, 0.3) is 0 Å². The van der Waals surface area contributed by atoms with Gasteiger partial charge < -0.3 is 15.3 Å². The highest BCUT2D eigenvalue weighted by molar-refractivity contribution is 8.13. The third-order valence-corrected chi connectivity index (χ3v) is 4.43. The van der Waals surface area contributed by atoms with Crippen LogP contribution >= 0.6 is 11.8 Å². The van der Waals surface area contributed by atoms with Gasteiger partial charge in [0.15, 0.2) is 5.12 Å². The van der Waals surface area contributed by atoms with Crippen LogP contribution in [-0.4, -0.2) is 45.5 Å². The van der Waals surface area contributed by atoms with Crippen molar-refractivity contribution in [3.8, 4) is 0 Å². The molecule has 0 aromatic heterocycles. The predicted octanol–water partition coefficient (Wildman–Crippen LogP) is 2.82. The number of carboxylic acid groups (broad SMARTS) is 1. The Hall–Kier alpha value is -2.02. The zero-order valence-corrected chi connectivity index (χ0v) is 15.2. The first-order valence-electron chi connectivity index (χ1n) is 7.72. The Kier molecular flexibility index (Phi) is 7.78. The number of carboxylic acids is 1. The molecule has 1 aromatic carbocycles. The normalized spacial score (nSPS) is 13.0. The van der Waals surface area contributed by atoms with Gasteiger partial charge in [-0.15, -0.1) is 0 Å². The van der Waals surface area contributed by atoms with Crippen molar-refractivity contribution in [3.05, 3.63) is 35.4 Å². The second-order valence-electron chi connectivity index (χ2n) is 5.63. The molecule has 0 radical (unpaired) electrons. The van der Waals surface area contributed by atoms with Gasteiger partial charge in [0.25, 0.3) is 0 Å². The van der Waals surface area contributed by atoms with Gasteiger partial charge in [-0.2, -0.15) is 0 Å². The Morgan fingerprint density at radius 3 is 2.29 bits per heavy atom. The molecular formula is C17H24N2O4S. The molecular weight excluding hydrogens is 328 g/mol. The summed E-state index contributed by atoms with van der Waals surface area (Å²) in [4.78, 5) is 36.1. The van der Waals surface area contributed by atoms with Crippen LogP contribution in [0, 0.1) is 6.92 Å². The van der Waals surface area contributed by atoms with Crippen molar-refractivity contribution in [2.24, 2.45) is 0 Å². The molecule has 0 saturated carbocycles. The Labute approximate surface area is 146 Å². The number of hydrogen-bond acceptors (Lipinski definition) is 4. The van der Waals surface area contributed by atoms with Crippen LogP contribution in [0.5, 0.6) is 0 Å². The Bertz CT molecular complexity index is 589. The summed E-state index contributed by atoms with van der Waals surface area (Å²) in [5.41, 5.74) is 2.07. The van der Waals surface area contributed by atoms with Gasteiger partial charge in [-0.3, -0.25) is 9.59 Å². The molecule has 0 bridgehead atoms. The third kappa shape index (κ3) is 6.23. The first kappa shape index (κ1) is 20.0. The number of benzene rings is 1. The minimum atomic E-state index is -1.09. The van der Waals surface area contributed by atoms with Crippen LogP contribution in [0.2, 0.25) is 0 Å². The third-order valence-electron chi connectivity index (χ3n) is 3.64. The maximum Gasteiger partial charge on any atom is 0.325 e. The number of rotatable bonds is 7. The molecule has 7 heteroatoms. The molecule has 0 saturated heterocycles. The Morgan fingerprint density at radius 2 is 1.79 bits per heavy atom. The molecule has 2 atom stereocenters. The van der Waals surface area contributed by atoms with Gasteiger partial charge in [0.1, 0.15) is 6.04 Å². The van der Waals surface area contributed by atoms with Gasteiger partial charge in [-0.25, -0.2) is 4.79 Å². The SMILES string of the molecule is CC(=O)SCCN(C(=O)N[C@@H](C)C(=O)O)C(C)c1ccc(C)cc1. The molecule has 6 nitrogen and oxygen atoms in total. The fourth-order valence-electron chi connectivity index (χ4n) is 2.11. The van der Waals surface area contributed by atoms with Crippen molar-refractivity contribution in [2.75, 3.05) is 12.3 Å². The number of aliphatic carboxylic acids is 1. The van der Waals surface area contributed by atoms with Crippen LogP contribution in [-0.2, 0) is 9.59 Å². The summed E-state index contributed by atoms with van der Waals surface area (Å²) in [6.45, 7) is 7.10. The number of hydrogen-bond donors (Lipinski definition) is 2. The summed E-state index contributed by atoms with van der Waals surface area (Å²) in [6.07, 6.45) is 0. The number of thioether (sulfide) groups is 1. The van der Waals surface area contributed by atoms with Gasteiger partial charge >= 0.3 is 12.0 Å². The van der Waals surface area contributed by atoms with Crippen LogP contribution in [0.4, 0.5) is 4.79 Å². The van der Waals surface area contributed by atoms with E-state index in [0.717, 1.165) is 22.9 Å². The van der Waals surface area contributed by atoms with E-state index in [4.69, 9.17) is 5.11 Å². The fourth-order valence-corrected chi connectivity index (χ4v) is 2.69. The lowest BCUT2D eigenvalue weighted by atomic mass is 10.1. The quantitative estimate of drug-likeness (QED) is 0.788. The van der Waals surface area contributed by atoms with E-state index in [2.05, 4.69) is 5.32 Å². The predicted molar refractivity (Wildman–Crippen MR) is 95.1 cm³/mol. The van der Waals surface area contributed by atoms with Crippen molar-refractivity contribution >= 4 is 28.9 Å². The smallest absolute Gasteiger partial charge is 0.325 e. The zero-order chi connectivity index (χ0) is 18.3. The molecule has 0 heterocycles. The molecule has 0 aliphatic rings. The van der Waals surface area contributed by atoms with Gasteiger partial charge in [0, 0.05) is 19.2 Å². The summed E-state index contributed by atoms with van der Waals surface area (Å²) in [5, 5.41) is 11.4. The maximum absolute atomic E-state index is 12.5. The first-order valence-corrected chi connectivity index (χ1v) is 8.70. The van der Waals surface area contributed by atoms with Crippen LogP contribution in [0.15, 0.2) is 24.3 Å². The van der Waals surface area contributed by atoms with Crippen LogP contribution in [0.3, 0.4) is 0 Å². The van der Waals surface area contributed by atoms with Crippen LogP contribution < -0.4 is 5.32 Å². The molecule has 2 amide bonds. The van der Waals surface area contributed by atoms with E-state index in [1.165, 1.54) is 13.8 Å². The van der Waals surface area contributed by atoms with E-state index in [9.17, 15) is 14.4 Å². The standard InChI is InChI=1S/C17H24N2O4S/c1-11-5-7-15(8-6-11)13(3)19(9-10-24-14(4)20)17(23)18-12(2)16(21)22/h5-8,12-13H,9-10H2,1-4H3,(H,18,23)(H,21,22)/t12-,13?/m0/s1. The minimum Gasteiger partial charge on any atom is -0.480 e. The maximum atomic E-state index is 12.5. The molecule has 24 heavy (non-hydrogen) atoms. The Balaban J connectivity index is 2.89. The number of carbonyl (C=O) groups is 3. The first-order chi connectivity index (χ1) is 11.2.